The van der Waals surface area contributed by atoms with Gasteiger partial charge in [0.15, 0.2) is 0 Å². The van der Waals surface area contributed by atoms with E-state index >= 15 is 0 Å². The molecule has 26 aromatic carbocycles. The van der Waals surface area contributed by atoms with Gasteiger partial charge in [-0.25, -0.2) is 0 Å². The van der Waals surface area contributed by atoms with Crippen LogP contribution in [-0.4, -0.2) is 64.6 Å². The maximum atomic E-state index is 13.1. The second kappa shape index (κ2) is 30.7. The Morgan fingerprint density at radius 2 is 0.312 bits per heavy atom. The predicted molar refractivity (Wildman–Crippen MR) is 458 cm³/mol. The van der Waals surface area contributed by atoms with Gasteiger partial charge in [0, 0.05) is 29.6 Å². The predicted octanol–water partition coefficient (Wildman–Crippen LogP) is -25.2. The van der Waals surface area contributed by atoms with Crippen LogP contribution in [0.4, 0.5) is 0 Å². The number of carbonyl (C=O) groups excluding carboxylic acids is 10. The summed E-state index contributed by atoms with van der Waals surface area (Å²) in [6, 6.07) is 37.6. The second-order valence-corrected chi connectivity index (χ2v) is 40.7. The molecule has 0 aliphatic heterocycles. The van der Waals surface area contributed by atoms with E-state index in [0.29, 0.717) is 66.8 Å². The Morgan fingerprint density at radius 1 is 0.184 bits per heavy atom. The van der Waals surface area contributed by atoms with Gasteiger partial charge in [0.2, 0.25) is 0 Å². The van der Waals surface area contributed by atoms with E-state index in [0.717, 1.165) is 228 Å². The molecule has 4 atom stereocenters. The number of benzene rings is 20. The molecule has 0 amide bonds. The van der Waals surface area contributed by atoms with E-state index < -0.39 is 153 Å². The molecule has 37 rings (SSSR count). The molecule has 11 aliphatic carbocycles. The van der Waals surface area contributed by atoms with Crippen LogP contribution in [0.3, 0.4) is 0 Å². The third kappa shape index (κ3) is 9.32. The molecule has 612 valence electrons. The third-order valence-electron chi connectivity index (χ3n) is 36.7. The Labute approximate surface area is 1220 Å². The minimum atomic E-state index is -2.12. The first-order valence-electron chi connectivity index (χ1n) is 43.8. The summed E-state index contributed by atoms with van der Waals surface area (Å²) >= 11 is 11.1. The largest absolute Gasteiger partial charge is 1.00 e. The van der Waals surface area contributed by atoms with Crippen molar-refractivity contribution in [2.24, 2.45) is 29.6 Å². The van der Waals surface area contributed by atoms with Crippen molar-refractivity contribution in [3.63, 3.8) is 0 Å². The van der Waals surface area contributed by atoms with E-state index in [1.54, 1.807) is 60.7 Å². The fourth-order valence-corrected chi connectivity index (χ4v) is 34.6. The molecule has 20 nitrogen and oxygen atoms in total. The van der Waals surface area contributed by atoms with E-state index in [-0.39, 0.29) is 514 Å². The molecule has 0 bridgehead atoms. The summed E-state index contributed by atoms with van der Waals surface area (Å²) in [5, 5.41) is 175. The van der Waals surface area contributed by atoms with E-state index in [4.69, 9.17) is 0 Å². The van der Waals surface area contributed by atoms with Crippen molar-refractivity contribution < 1.29 is 613 Å². The second-order valence-electron chi connectivity index (χ2n) is 40.1. The number of rotatable bonds is 25. The fraction of sp³-hybridized carbons (Fsp3) is 0.145. The van der Waals surface area contributed by atoms with Gasteiger partial charge in [0.05, 0.1) is 86.8 Å². The maximum Gasteiger partial charge on any atom is 1.00 e. The van der Waals surface area contributed by atoms with Gasteiger partial charge in [0.25, 0.3) is 0 Å². The van der Waals surface area contributed by atoms with Crippen LogP contribution in [0.5, 0.6) is 0 Å². The van der Waals surface area contributed by atoms with Gasteiger partial charge in [-0.1, -0.05) is 121 Å². The topological polar surface area (TPSA) is 401 Å². The summed E-state index contributed by atoms with van der Waals surface area (Å²) < 4.78 is 0. The van der Waals surface area contributed by atoms with E-state index in [1.165, 1.54) is 53.9 Å². The monoisotopic (exact) mass is 2100 g/mol. The zero-order valence-corrected chi connectivity index (χ0v) is 108. The number of halogens is 1. The standard InChI is InChI=1S/C110H45ClO20.10K/c111-110-93-91-92-94(110)108(34-17-7-29(8-18-34)24-39(101(124)125)102(126)127)86-76-66-56-48-43-41-42-44-45(43)50-58(56)68-70-60(50)59-49(44)57-55-47(42)53-51-46(41)52-54(48)64(66)74-72-62(52)61(51)71-73-63(53)65(55)75-77-67(57)69(59)79-80(70)90(88(108)78(68)76)109(110,35-19-9-30(10-20-35)25-40(103(128)129)104(130)131)89(79)87(77)107(93,33-15-5-28(6-16-33)23-38(99(120)121)100(122)123)85(75)83(73)105(91,31-11-1-26(2-12-31)21-36(95(112)113)96(114)115)81(71)82(72)106(92,84(74)86)32-13-3-27(4-14-32)22-37(97(116)117)98(118)119;;;;;;;;;;/h1-20,36-40H,21-25H2,(H,112,113)(H,114,115)(H,116,117)(H,118,119)(H,120,121)(H,122,123)(H,124,125)(H,126,127)(H,128,129)(H,130,131);;;;;;;;;;/q;10*+1/p-10. The van der Waals surface area contributed by atoms with Crippen LogP contribution in [0.1, 0.15) is 111 Å². The summed E-state index contributed by atoms with van der Waals surface area (Å²) in [6.45, 7) is 0. The molecular weight excluding hydrogens is 2070 g/mol. The fourth-order valence-electron chi connectivity index (χ4n) is 33.9. The minimum absolute atomic E-state index is 0. The molecule has 141 heavy (non-hydrogen) atoms. The molecule has 4 unspecified atom stereocenters. The number of carbonyl (C=O) groups is 10. The zero-order valence-electron chi connectivity index (χ0n) is 76.5. The molecule has 11 aliphatic rings. The van der Waals surface area contributed by atoms with Crippen molar-refractivity contribution >= 4 is 287 Å². The normalized spacial score (nSPS) is 21.0. The van der Waals surface area contributed by atoms with Crippen LogP contribution < -0.4 is 565 Å². The number of carboxylic acids is 10. The Hall–Kier alpha value is 0.434. The van der Waals surface area contributed by atoms with E-state index in [2.05, 4.69) is 0 Å². The van der Waals surface area contributed by atoms with Crippen molar-refractivity contribution in [1.82, 2.24) is 0 Å². The van der Waals surface area contributed by atoms with Crippen molar-refractivity contribution in [3.8, 4) is 0 Å². The van der Waals surface area contributed by atoms with E-state index in [1.807, 2.05) is 60.7 Å². The molecule has 0 saturated carbocycles. The van der Waals surface area contributed by atoms with Gasteiger partial charge in [-0.2, -0.15) is 0 Å². The molecule has 0 radical (unpaired) electrons. The maximum absolute atomic E-state index is 13.1. The van der Waals surface area contributed by atoms with Gasteiger partial charge < -0.3 is 99.0 Å². The van der Waals surface area contributed by atoms with Crippen LogP contribution >= 0.6 is 11.6 Å². The van der Waals surface area contributed by atoms with Gasteiger partial charge in [-0.05, 0) is 381 Å². The van der Waals surface area contributed by atoms with Crippen LogP contribution in [0.2, 0.25) is 0 Å². The Morgan fingerprint density at radius 3 is 0.475 bits per heavy atom. The van der Waals surface area contributed by atoms with Gasteiger partial charge >= 0.3 is 514 Å². The number of carboxylic acid groups (broad SMARTS) is 10. The number of aliphatic carboxylic acids is 10. The molecule has 0 saturated heterocycles. The van der Waals surface area contributed by atoms with Crippen LogP contribution in [0.25, 0.3) is 215 Å². The summed E-state index contributed by atoms with van der Waals surface area (Å²) in [6.07, 6.45) is -2.72. The quantitative estimate of drug-likeness (QED) is 0.0222. The smallest absolute Gasteiger partial charge is 0.549 e. The van der Waals surface area contributed by atoms with Crippen LogP contribution in [-0.2, 0) is 107 Å². The van der Waals surface area contributed by atoms with Crippen molar-refractivity contribution in [2.45, 2.75) is 64.1 Å². The number of alkyl halides is 1. The Kier molecular flexibility index (Phi) is 21.9. The minimum Gasteiger partial charge on any atom is -0.549 e. The third-order valence-corrected chi connectivity index (χ3v) is 37.3. The number of hydrogen-bond acceptors (Lipinski definition) is 20. The molecule has 0 N–H and O–H groups in total. The SMILES string of the molecule is O=C([O-])C(Cc1ccc(C23C4=C5C6(c7ccc(CC(C(=O)[O-])C(=O)[O-])cc7)c7c2c2c8c3c3c9c%10c%11c%12c%13c%14c%15c%16c%17c%18c(c6c6c7c7c2c2c%19c8c9c8c9c%10c%13c%10c%13c%14c%17c%14c%17c%18c6c6c7c2c2c(c%198)c(c9%10)c(c%13%14)c2c6%17)C%16(c2ccc(CC(C(=O)[O-])C(=O)[O-])cc2)C5(Cl)C(=C4C3%11c2ccc(CC(C(=O)[O-])C(=O)[O-])cc2)C%12%15c2ccc(CC(C(=O)[O-])C(=O)[O-])cc2)cc1)C(=O)[O-].[K+].[K+].[K+].[K+].[K+].[K+].[K+].[K+].[K+].[K+]. The number of allylic oxidation sites excluding steroid dienone is 4. The van der Waals surface area contributed by atoms with Gasteiger partial charge in [-0.15, -0.1) is 11.6 Å². The Bertz CT molecular complexity index is 9960. The molecule has 26 aromatic rings. The summed E-state index contributed by atoms with van der Waals surface area (Å²) in [7, 11) is 0. The summed E-state index contributed by atoms with van der Waals surface area (Å²) in [5.41, 5.74) is 8.40. The van der Waals surface area contributed by atoms with Crippen molar-refractivity contribution in [2.75, 3.05) is 0 Å². The van der Waals surface area contributed by atoms with Gasteiger partial charge in [-0.3, -0.25) is 0 Å². The molecule has 0 heterocycles. The Balaban J connectivity index is 0.00000102. The number of hydrogen-bond donors (Lipinski definition) is 0. The average molecular weight is 2100 g/mol. The molecule has 31 heteroatoms. The van der Waals surface area contributed by atoms with Crippen molar-refractivity contribution in [1.29, 1.82) is 0 Å². The van der Waals surface area contributed by atoms with Gasteiger partial charge in [0.1, 0.15) is 4.87 Å². The summed E-state index contributed by atoms with van der Waals surface area (Å²) in [5.74, 6) is -29.0. The van der Waals surface area contributed by atoms with Crippen LogP contribution in [0, 0.1) is 29.6 Å². The van der Waals surface area contributed by atoms with Crippen LogP contribution in [0.15, 0.2) is 144 Å². The zero-order chi connectivity index (χ0) is 87.3. The first-order chi connectivity index (χ1) is 63.3. The molecule has 0 aromatic heterocycles. The van der Waals surface area contributed by atoms with E-state index in [9.17, 15) is 111 Å². The van der Waals surface area contributed by atoms with Crippen molar-refractivity contribution in [3.05, 3.63) is 255 Å². The first kappa shape index (κ1) is 101. The molecular formula is C110H35ClK10O20. The average Bonchev–Trinajstić information content (AvgIpc) is 1.36. The molecule has 0 spiro atoms. The molecule has 0 fully saturated rings. The first-order valence-corrected chi connectivity index (χ1v) is 44.2. The summed E-state index contributed by atoms with van der Waals surface area (Å²) in [4.78, 5) is 129.